The van der Waals surface area contributed by atoms with Gasteiger partial charge in [-0.1, -0.05) is 30.3 Å². The van der Waals surface area contributed by atoms with Gasteiger partial charge in [-0.2, -0.15) is 0 Å². The highest BCUT2D eigenvalue weighted by Crippen LogP contribution is 2.41. The lowest BCUT2D eigenvalue weighted by atomic mass is 10.0. The maximum absolute atomic E-state index is 12.7. The van der Waals surface area contributed by atoms with Crippen LogP contribution in [0.25, 0.3) is 11.1 Å². The first-order chi connectivity index (χ1) is 15.4. The van der Waals surface area contributed by atoms with Gasteiger partial charge in [0.1, 0.15) is 10.6 Å². The van der Waals surface area contributed by atoms with Gasteiger partial charge in [0, 0.05) is 28.3 Å². The summed E-state index contributed by atoms with van der Waals surface area (Å²) >= 11 is 6.94. The number of methoxy groups -OCH3 is 4. The number of benzene rings is 2. The average molecular weight is 473 g/mol. The van der Waals surface area contributed by atoms with E-state index in [4.69, 9.17) is 31.2 Å². The van der Waals surface area contributed by atoms with Gasteiger partial charge in [0.2, 0.25) is 5.75 Å². The van der Waals surface area contributed by atoms with Crippen molar-refractivity contribution < 1.29 is 23.7 Å². The monoisotopic (exact) mass is 472 g/mol. The molecule has 0 bridgehead atoms. The summed E-state index contributed by atoms with van der Waals surface area (Å²) in [7, 11) is 5.98. The van der Waals surface area contributed by atoms with Crippen molar-refractivity contribution >= 4 is 45.3 Å². The normalized spacial score (nSPS) is 10.3. The van der Waals surface area contributed by atoms with Gasteiger partial charge in [0.25, 0.3) is 0 Å². The van der Waals surface area contributed by atoms with Gasteiger partial charge in [0.15, 0.2) is 16.6 Å². The highest BCUT2D eigenvalue weighted by Gasteiger charge is 2.24. The number of hydrogen-bond acceptors (Lipinski definition) is 7. The van der Waals surface area contributed by atoms with E-state index in [1.807, 2.05) is 37.3 Å². The molecule has 2 N–H and O–H groups in total. The molecule has 0 saturated carbocycles. The zero-order valence-corrected chi connectivity index (χ0v) is 20.0. The number of hydrogen-bond donors (Lipinski definition) is 2. The molecule has 2 aromatic carbocycles. The SMILES string of the molecule is COC(=O)c1c(NC(=S)Nc2cc(OC)c(OC)c(OC)c2)sc(C)c1-c1ccccc1. The number of carbonyl (C=O) groups is 1. The first-order valence-corrected chi connectivity index (χ1v) is 10.8. The molecule has 32 heavy (non-hydrogen) atoms. The van der Waals surface area contributed by atoms with E-state index < -0.39 is 5.97 Å². The summed E-state index contributed by atoms with van der Waals surface area (Å²) in [5.41, 5.74) is 2.82. The zero-order valence-electron chi connectivity index (χ0n) is 18.4. The van der Waals surface area contributed by atoms with Crippen molar-refractivity contribution in [2.24, 2.45) is 0 Å². The maximum Gasteiger partial charge on any atom is 0.341 e. The molecule has 1 aromatic heterocycles. The van der Waals surface area contributed by atoms with Crippen LogP contribution in [-0.4, -0.2) is 39.5 Å². The van der Waals surface area contributed by atoms with Gasteiger partial charge in [0.05, 0.1) is 28.4 Å². The number of nitrogens with one attached hydrogen (secondary N) is 2. The molecule has 168 valence electrons. The number of thiocarbonyl (C=S) groups is 1. The minimum Gasteiger partial charge on any atom is -0.493 e. The quantitative estimate of drug-likeness (QED) is 0.352. The van der Waals surface area contributed by atoms with Crippen molar-refractivity contribution in [2.75, 3.05) is 39.1 Å². The summed E-state index contributed by atoms with van der Waals surface area (Å²) in [4.78, 5) is 13.6. The summed E-state index contributed by atoms with van der Waals surface area (Å²) in [6.07, 6.45) is 0. The molecular weight excluding hydrogens is 448 g/mol. The Hall–Kier alpha value is -3.30. The first-order valence-electron chi connectivity index (χ1n) is 9.58. The van der Waals surface area contributed by atoms with E-state index in [9.17, 15) is 4.79 Å². The van der Waals surface area contributed by atoms with E-state index in [1.54, 1.807) is 26.4 Å². The Bertz CT molecular complexity index is 1100. The summed E-state index contributed by atoms with van der Waals surface area (Å²) in [5, 5.41) is 7.13. The van der Waals surface area contributed by atoms with Crippen LogP contribution in [0, 0.1) is 6.92 Å². The van der Waals surface area contributed by atoms with Gasteiger partial charge in [-0.25, -0.2) is 4.79 Å². The first kappa shape index (κ1) is 23.4. The predicted molar refractivity (Wildman–Crippen MR) is 132 cm³/mol. The van der Waals surface area contributed by atoms with Crippen molar-refractivity contribution in [3.63, 3.8) is 0 Å². The molecule has 0 fully saturated rings. The topological polar surface area (TPSA) is 78.1 Å². The molecule has 0 aliphatic rings. The molecule has 9 heteroatoms. The second-order valence-electron chi connectivity index (χ2n) is 6.59. The molecule has 0 radical (unpaired) electrons. The van der Waals surface area contributed by atoms with E-state index in [-0.39, 0.29) is 0 Å². The number of rotatable bonds is 7. The van der Waals surface area contributed by atoms with Gasteiger partial charge in [-0.15, -0.1) is 11.3 Å². The van der Waals surface area contributed by atoms with Crippen LogP contribution in [0.3, 0.4) is 0 Å². The zero-order chi connectivity index (χ0) is 23.3. The fraction of sp³-hybridized carbons (Fsp3) is 0.217. The highest BCUT2D eigenvalue weighted by molar-refractivity contribution is 7.80. The number of esters is 1. The van der Waals surface area contributed by atoms with Crippen LogP contribution in [0.5, 0.6) is 17.2 Å². The van der Waals surface area contributed by atoms with Gasteiger partial charge >= 0.3 is 5.97 Å². The van der Waals surface area contributed by atoms with Crippen LogP contribution in [0.1, 0.15) is 15.2 Å². The Kier molecular flexibility index (Phi) is 7.55. The maximum atomic E-state index is 12.7. The third-order valence-electron chi connectivity index (χ3n) is 4.69. The summed E-state index contributed by atoms with van der Waals surface area (Å²) in [6.45, 7) is 1.96. The van der Waals surface area contributed by atoms with E-state index in [2.05, 4.69) is 10.6 Å². The van der Waals surface area contributed by atoms with Crippen LogP contribution in [0.15, 0.2) is 42.5 Å². The lowest BCUT2D eigenvalue weighted by Crippen LogP contribution is -2.20. The van der Waals surface area contributed by atoms with Gasteiger partial charge in [-0.05, 0) is 24.7 Å². The van der Waals surface area contributed by atoms with Crippen LogP contribution in [0.2, 0.25) is 0 Å². The molecule has 0 atom stereocenters. The standard InChI is InChI=1S/C23H24N2O5S2/c1-13-18(14-9-7-6-8-10-14)19(22(26)30-5)21(32-13)25-23(31)24-15-11-16(27-2)20(29-4)17(12-15)28-3/h6-12H,1-5H3,(H2,24,25,31). The third-order valence-corrected chi connectivity index (χ3v) is 5.91. The van der Waals surface area contributed by atoms with Crippen molar-refractivity contribution in [2.45, 2.75) is 6.92 Å². The molecule has 3 rings (SSSR count). The Morgan fingerprint density at radius 2 is 1.56 bits per heavy atom. The second-order valence-corrected chi connectivity index (χ2v) is 8.22. The van der Waals surface area contributed by atoms with Crippen LogP contribution < -0.4 is 24.8 Å². The van der Waals surface area contributed by atoms with Gasteiger partial charge < -0.3 is 29.6 Å². The van der Waals surface area contributed by atoms with Crippen LogP contribution in [-0.2, 0) is 4.74 Å². The molecule has 0 saturated heterocycles. The van der Waals surface area contributed by atoms with Crippen molar-refractivity contribution in [3.8, 4) is 28.4 Å². The molecule has 7 nitrogen and oxygen atoms in total. The highest BCUT2D eigenvalue weighted by atomic mass is 32.1. The lowest BCUT2D eigenvalue weighted by molar-refractivity contribution is 0.0603. The van der Waals surface area contributed by atoms with E-state index in [0.717, 1.165) is 16.0 Å². The smallest absolute Gasteiger partial charge is 0.341 e. The van der Waals surface area contributed by atoms with Crippen LogP contribution >= 0.6 is 23.6 Å². The third kappa shape index (κ3) is 4.79. The van der Waals surface area contributed by atoms with E-state index in [0.29, 0.717) is 38.6 Å². The van der Waals surface area contributed by atoms with Crippen molar-refractivity contribution in [1.29, 1.82) is 0 Å². The Labute approximate surface area is 196 Å². The average Bonchev–Trinajstić information content (AvgIpc) is 3.13. The molecular formula is C23H24N2O5S2. The molecule has 3 aromatic rings. The molecule has 0 spiro atoms. The number of thiophene rings is 1. The fourth-order valence-corrected chi connectivity index (χ4v) is 4.65. The molecule has 1 heterocycles. The van der Waals surface area contributed by atoms with E-state index >= 15 is 0 Å². The fourth-order valence-electron chi connectivity index (χ4n) is 3.30. The Morgan fingerprint density at radius 3 is 2.09 bits per heavy atom. The number of ether oxygens (including phenoxy) is 4. The minimum atomic E-state index is -0.439. The Morgan fingerprint density at radius 1 is 0.938 bits per heavy atom. The van der Waals surface area contributed by atoms with E-state index in [1.165, 1.54) is 25.6 Å². The minimum absolute atomic E-state index is 0.297. The number of aryl methyl sites for hydroxylation is 1. The lowest BCUT2D eigenvalue weighted by Gasteiger charge is -2.16. The van der Waals surface area contributed by atoms with Crippen LogP contribution in [0.4, 0.5) is 10.7 Å². The van der Waals surface area contributed by atoms with Gasteiger partial charge in [-0.3, -0.25) is 0 Å². The second kappa shape index (κ2) is 10.3. The molecule has 0 amide bonds. The largest absolute Gasteiger partial charge is 0.493 e. The summed E-state index contributed by atoms with van der Waals surface area (Å²) in [6, 6.07) is 13.2. The number of anilines is 2. The van der Waals surface area contributed by atoms with Crippen molar-refractivity contribution in [3.05, 3.63) is 52.9 Å². The Balaban J connectivity index is 1.93. The summed E-state index contributed by atoms with van der Waals surface area (Å²) in [5.74, 6) is 1.02. The predicted octanol–water partition coefficient (Wildman–Crippen LogP) is 5.34. The van der Waals surface area contributed by atoms with Crippen molar-refractivity contribution in [1.82, 2.24) is 0 Å². The number of carbonyl (C=O) groups excluding carboxylic acids is 1. The molecule has 0 aliphatic carbocycles. The summed E-state index contributed by atoms with van der Waals surface area (Å²) < 4.78 is 21.2. The molecule has 0 unspecified atom stereocenters. The molecule has 0 aliphatic heterocycles.